The highest BCUT2D eigenvalue weighted by Gasteiger charge is 1.76. The molecule has 1 N–H and O–H groups in total. The van der Waals surface area contributed by atoms with Crippen molar-refractivity contribution in [2.24, 2.45) is 0 Å². The maximum Gasteiger partial charge on any atom is 0.0885 e. The van der Waals surface area contributed by atoms with Gasteiger partial charge in [0, 0.05) is 19.4 Å². The van der Waals surface area contributed by atoms with Crippen LogP contribution in [0.2, 0.25) is 0 Å². The molecule has 2 nitrogen and oxygen atoms in total. The van der Waals surface area contributed by atoms with Crippen molar-refractivity contribution in [2.75, 3.05) is 12.4 Å². The summed E-state index contributed by atoms with van der Waals surface area (Å²) in [5.74, 6) is 0. The normalized spacial score (nSPS) is 7.62. The van der Waals surface area contributed by atoms with E-state index in [0.717, 1.165) is 5.69 Å². The number of aromatic nitrogens is 1. The van der Waals surface area contributed by atoms with E-state index in [-0.39, 0.29) is 0 Å². The van der Waals surface area contributed by atoms with Crippen LogP contribution in [0.25, 0.3) is 0 Å². The number of hydrogen-bond donors (Lipinski definition) is 1. The Labute approximate surface area is 48.6 Å². The van der Waals surface area contributed by atoms with E-state index in [9.17, 15) is 0 Å². The summed E-state index contributed by atoms with van der Waals surface area (Å²) in [6.45, 7) is 0. The van der Waals surface area contributed by atoms with Crippen molar-refractivity contribution in [1.29, 1.82) is 0 Å². The summed E-state index contributed by atoms with van der Waals surface area (Å²) in [6.07, 6.45) is 4.24. The third-order valence-corrected chi connectivity index (χ3v) is 0.840. The lowest BCUT2D eigenvalue weighted by Crippen LogP contribution is -1.84. The summed E-state index contributed by atoms with van der Waals surface area (Å²) in [5, 5.41) is 2.90. The first-order valence-electron chi connectivity index (χ1n) is 2.35. The lowest BCUT2D eigenvalue weighted by atomic mass is 10.5. The number of hydrogen-bond acceptors (Lipinski definition) is 2. The molecule has 0 spiro atoms. The van der Waals surface area contributed by atoms with E-state index in [2.05, 4.69) is 22.6 Å². The maximum atomic E-state index is 3.67. The van der Waals surface area contributed by atoms with Gasteiger partial charge in [-0.1, -0.05) is 0 Å². The zero-order valence-electron chi connectivity index (χ0n) is 4.60. The Bertz CT molecular complexity index is 148. The molecule has 0 radical (unpaired) electrons. The highest BCUT2D eigenvalue weighted by Crippen LogP contribution is 1.93. The predicted molar refractivity (Wildman–Crippen MR) is 31.5 cm³/mol. The number of anilines is 1. The first-order chi connectivity index (χ1) is 3.93. The third kappa shape index (κ3) is 0.881. The van der Waals surface area contributed by atoms with Crippen molar-refractivity contribution < 1.29 is 0 Å². The van der Waals surface area contributed by atoms with Gasteiger partial charge < -0.3 is 5.32 Å². The zero-order valence-corrected chi connectivity index (χ0v) is 4.60. The van der Waals surface area contributed by atoms with Gasteiger partial charge in [-0.15, -0.1) is 0 Å². The van der Waals surface area contributed by atoms with Crippen molar-refractivity contribution in [1.82, 2.24) is 4.98 Å². The Kier molecular flexibility index (Phi) is 1.34. The monoisotopic (exact) mass is 106 g/mol. The average Bonchev–Trinajstić information content (AvgIpc) is 1.90. The summed E-state index contributed by atoms with van der Waals surface area (Å²) >= 11 is 0. The van der Waals surface area contributed by atoms with Crippen LogP contribution in [-0.2, 0) is 0 Å². The molecule has 1 rings (SSSR count). The van der Waals surface area contributed by atoms with Crippen LogP contribution in [0.15, 0.2) is 12.3 Å². The molecule has 0 amide bonds. The molecule has 0 atom stereocenters. The molecule has 0 saturated carbocycles. The Morgan fingerprint density at radius 1 is 1.75 bits per heavy atom. The van der Waals surface area contributed by atoms with Gasteiger partial charge in [-0.2, -0.15) is 0 Å². The third-order valence-electron chi connectivity index (χ3n) is 0.840. The highest BCUT2D eigenvalue weighted by atomic mass is 14.8. The van der Waals surface area contributed by atoms with Gasteiger partial charge in [-0.25, -0.2) is 4.98 Å². The fourth-order valence-corrected chi connectivity index (χ4v) is 0.429. The first-order valence-corrected chi connectivity index (χ1v) is 2.35. The summed E-state index contributed by atoms with van der Waals surface area (Å²) in [6, 6.07) is 4.60. The quantitative estimate of drug-likeness (QED) is 0.570. The second kappa shape index (κ2) is 2.17. The maximum absolute atomic E-state index is 3.67. The zero-order chi connectivity index (χ0) is 5.82. The van der Waals surface area contributed by atoms with Crippen molar-refractivity contribution >= 4 is 5.69 Å². The summed E-state index contributed by atoms with van der Waals surface area (Å²) < 4.78 is 0. The minimum atomic E-state index is 0.917. The molecule has 40 valence electrons. The van der Waals surface area contributed by atoms with E-state index in [1.807, 2.05) is 13.1 Å². The smallest absolute Gasteiger partial charge is 0.0885 e. The van der Waals surface area contributed by atoms with Crippen molar-refractivity contribution in [2.45, 2.75) is 0 Å². The molecule has 0 fully saturated rings. The highest BCUT2D eigenvalue weighted by molar-refractivity contribution is 5.35. The fourth-order valence-electron chi connectivity index (χ4n) is 0.429. The lowest BCUT2D eigenvalue weighted by molar-refractivity contribution is 1.34. The molecule has 0 unspecified atom stereocenters. The number of rotatable bonds is 1. The van der Waals surface area contributed by atoms with Crippen molar-refractivity contribution in [3.05, 3.63) is 24.5 Å². The average molecular weight is 106 g/mol. The van der Waals surface area contributed by atoms with Crippen LogP contribution in [0.1, 0.15) is 0 Å². The predicted octanol–water partition coefficient (Wildman–Crippen LogP) is 0.724. The van der Waals surface area contributed by atoms with E-state index < -0.39 is 0 Å². The second-order valence-electron chi connectivity index (χ2n) is 1.35. The molecule has 8 heavy (non-hydrogen) atoms. The minimum absolute atomic E-state index is 0.917. The van der Waals surface area contributed by atoms with Crippen LogP contribution in [0.5, 0.6) is 0 Å². The Morgan fingerprint density at radius 2 is 2.62 bits per heavy atom. The van der Waals surface area contributed by atoms with Gasteiger partial charge in [0.25, 0.3) is 0 Å². The summed E-state index contributed by atoms with van der Waals surface area (Å²) in [5.41, 5.74) is 0.917. The standard InChI is InChI=1S/C6H6N2/c1-7-6-2-4-8-5-3-6/h2,4,7H,1H3. The van der Waals surface area contributed by atoms with Gasteiger partial charge in [0.05, 0.1) is 5.69 Å². The lowest BCUT2D eigenvalue weighted by Gasteiger charge is -1.88. The van der Waals surface area contributed by atoms with Gasteiger partial charge in [-0.3, -0.25) is 0 Å². The van der Waals surface area contributed by atoms with Crippen molar-refractivity contribution in [3.63, 3.8) is 0 Å². The molecule has 0 aliphatic heterocycles. The second-order valence-corrected chi connectivity index (χ2v) is 1.35. The first kappa shape index (κ1) is 4.92. The Morgan fingerprint density at radius 3 is 3.00 bits per heavy atom. The van der Waals surface area contributed by atoms with Crippen LogP contribution in [0.3, 0.4) is 0 Å². The Balaban J connectivity index is 2.83. The molecule has 0 aliphatic carbocycles. The molecule has 0 aromatic carbocycles. The van der Waals surface area contributed by atoms with Crippen LogP contribution < -0.4 is 5.32 Å². The van der Waals surface area contributed by atoms with E-state index >= 15 is 0 Å². The molecular weight excluding hydrogens is 100 g/mol. The van der Waals surface area contributed by atoms with E-state index in [4.69, 9.17) is 0 Å². The molecule has 2 heteroatoms. The van der Waals surface area contributed by atoms with Crippen molar-refractivity contribution in [3.8, 4) is 0 Å². The number of nitrogens with zero attached hydrogens (tertiary/aromatic N) is 1. The summed E-state index contributed by atoms with van der Waals surface area (Å²) in [7, 11) is 1.83. The van der Waals surface area contributed by atoms with Gasteiger partial charge in [0.15, 0.2) is 0 Å². The molecule has 0 aliphatic rings. The largest absolute Gasteiger partial charge is 0.381 e. The van der Waals surface area contributed by atoms with E-state index in [0.29, 0.717) is 0 Å². The Hall–Kier alpha value is -1.23. The molecule has 0 bridgehead atoms. The fraction of sp³-hybridized carbons (Fsp3) is 0.167. The van der Waals surface area contributed by atoms with Gasteiger partial charge in [0.1, 0.15) is 0 Å². The number of nitrogens with one attached hydrogen (secondary N) is 1. The molecule has 1 heterocycles. The van der Waals surface area contributed by atoms with E-state index in [1.165, 1.54) is 0 Å². The molecular formula is C6H6N2. The minimum Gasteiger partial charge on any atom is -0.381 e. The SMILES string of the molecule is CNc1c#cncc1. The van der Waals surface area contributed by atoms with Gasteiger partial charge in [0.2, 0.25) is 0 Å². The van der Waals surface area contributed by atoms with Crippen LogP contribution >= 0.6 is 0 Å². The summed E-state index contributed by atoms with van der Waals surface area (Å²) in [4.78, 5) is 3.67. The van der Waals surface area contributed by atoms with Gasteiger partial charge in [-0.05, 0) is 12.1 Å². The van der Waals surface area contributed by atoms with Crippen LogP contribution in [0, 0.1) is 12.3 Å². The topological polar surface area (TPSA) is 24.9 Å². The van der Waals surface area contributed by atoms with E-state index in [1.54, 1.807) is 6.20 Å². The van der Waals surface area contributed by atoms with Crippen LogP contribution in [0.4, 0.5) is 5.69 Å². The van der Waals surface area contributed by atoms with Crippen LogP contribution in [-0.4, -0.2) is 12.0 Å². The molecule has 1 aromatic heterocycles. The molecule has 0 saturated heterocycles. The molecule has 1 aromatic rings. The van der Waals surface area contributed by atoms with Gasteiger partial charge >= 0.3 is 0 Å².